The Labute approximate surface area is 119 Å². The fraction of sp³-hybridized carbons (Fsp3) is 0.0556. The summed E-state index contributed by atoms with van der Waals surface area (Å²) in [7, 11) is 0. The summed E-state index contributed by atoms with van der Waals surface area (Å²) < 4.78 is 19.7. The van der Waals surface area contributed by atoms with Crippen molar-refractivity contribution in [3.05, 3.63) is 70.1 Å². The molecule has 0 atom stereocenters. The van der Waals surface area contributed by atoms with Crippen molar-refractivity contribution in [1.82, 2.24) is 0 Å². The summed E-state index contributed by atoms with van der Waals surface area (Å²) in [5.41, 5.74) is 1.49. The van der Waals surface area contributed by atoms with Gasteiger partial charge in [-0.25, -0.2) is 4.39 Å². The van der Waals surface area contributed by atoms with Gasteiger partial charge in [-0.1, -0.05) is 35.9 Å². The summed E-state index contributed by atoms with van der Waals surface area (Å²) >= 11 is 0. The Morgan fingerprint density at radius 2 is 1.71 bits per heavy atom. The van der Waals surface area contributed by atoms with Crippen LogP contribution in [0.1, 0.15) is 5.56 Å². The van der Waals surface area contributed by atoms with Gasteiger partial charge in [0.05, 0.1) is 5.39 Å². The fourth-order valence-electron chi connectivity index (χ4n) is 2.79. The van der Waals surface area contributed by atoms with Gasteiger partial charge in [-0.3, -0.25) is 4.79 Å². The Morgan fingerprint density at radius 3 is 2.57 bits per heavy atom. The molecule has 21 heavy (non-hydrogen) atoms. The topological polar surface area (TPSA) is 30.2 Å². The zero-order chi connectivity index (χ0) is 14.6. The molecular formula is C18H11FO2. The highest BCUT2D eigenvalue weighted by molar-refractivity contribution is 6.08. The van der Waals surface area contributed by atoms with Gasteiger partial charge >= 0.3 is 0 Å². The number of hydrogen-bond acceptors (Lipinski definition) is 2. The third kappa shape index (κ3) is 1.67. The molecule has 1 heterocycles. The fourth-order valence-corrected chi connectivity index (χ4v) is 2.79. The summed E-state index contributed by atoms with van der Waals surface area (Å²) in [6, 6.07) is 14.0. The maximum absolute atomic E-state index is 14.0. The van der Waals surface area contributed by atoms with E-state index in [9.17, 15) is 9.18 Å². The zero-order valence-electron chi connectivity index (χ0n) is 11.3. The van der Waals surface area contributed by atoms with Gasteiger partial charge in [0.1, 0.15) is 22.4 Å². The lowest BCUT2D eigenvalue weighted by atomic mass is 10.0. The van der Waals surface area contributed by atoms with Crippen LogP contribution in [0.15, 0.2) is 57.7 Å². The van der Waals surface area contributed by atoms with E-state index in [1.54, 1.807) is 12.1 Å². The van der Waals surface area contributed by atoms with E-state index in [-0.39, 0.29) is 16.4 Å². The first-order chi connectivity index (χ1) is 10.1. The maximum Gasteiger partial charge on any atom is 0.204 e. The molecular weight excluding hydrogens is 267 g/mol. The predicted octanol–water partition coefficient (Wildman–Crippen LogP) is 4.55. The number of benzene rings is 3. The minimum absolute atomic E-state index is 0.0130. The van der Waals surface area contributed by atoms with E-state index < -0.39 is 5.82 Å². The second kappa shape index (κ2) is 4.16. The molecule has 0 saturated heterocycles. The molecule has 0 aliphatic carbocycles. The molecule has 0 radical (unpaired) electrons. The molecule has 3 aromatic carbocycles. The number of hydrogen-bond donors (Lipinski definition) is 0. The molecule has 0 aliphatic heterocycles. The van der Waals surface area contributed by atoms with Crippen LogP contribution in [-0.2, 0) is 0 Å². The highest BCUT2D eigenvalue weighted by Gasteiger charge is 2.13. The molecule has 0 unspecified atom stereocenters. The van der Waals surface area contributed by atoms with E-state index in [1.165, 1.54) is 12.1 Å². The molecule has 0 bridgehead atoms. The first-order valence-electron chi connectivity index (χ1n) is 6.69. The van der Waals surface area contributed by atoms with Crippen LogP contribution in [-0.4, -0.2) is 0 Å². The van der Waals surface area contributed by atoms with Crippen molar-refractivity contribution in [2.45, 2.75) is 6.92 Å². The Hall–Kier alpha value is -2.68. The van der Waals surface area contributed by atoms with E-state index in [0.717, 1.165) is 16.3 Å². The molecule has 0 aliphatic rings. The van der Waals surface area contributed by atoms with Crippen molar-refractivity contribution in [1.29, 1.82) is 0 Å². The summed E-state index contributed by atoms with van der Waals surface area (Å²) in [5.74, 6) is -0.548. The smallest absolute Gasteiger partial charge is 0.204 e. The molecule has 1 aromatic heterocycles. The Kier molecular flexibility index (Phi) is 2.39. The Morgan fingerprint density at radius 1 is 0.952 bits per heavy atom. The molecule has 0 spiro atoms. The van der Waals surface area contributed by atoms with Crippen LogP contribution in [0.25, 0.3) is 32.7 Å². The lowest BCUT2D eigenvalue weighted by Crippen LogP contribution is -2.05. The standard InChI is InChI=1S/C18H11FO2/c1-10-5-6-11-7-8-15-16(12(11)9-10)18(20)17-13(19)3-2-4-14(17)21-15/h2-9H,1H3. The summed E-state index contributed by atoms with van der Waals surface area (Å²) in [4.78, 5) is 12.7. The Balaban J connectivity index is 2.36. The van der Waals surface area contributed by atoms with Gasteiger partial charge < -0.3 is 4.42 Å². The number of rotatable bonds is 0. The molecule has 4 rings (SSSR count). The third-order valence-electron chi connectivity index (χ3n) is 3.79. The summed E-state index contributed by atoms with van der Waals surface area (Å²) in [6.07, 6.45) is 0. The van der Waals surface area contributed by atoms with Crippen molar-refractivity contribution in [2.24, 2.45) is 0 Å². The van der Waals surface area contributed by atoms with Crippen LogP contribution in [0.2, 0.25) is 0 Å². The van der Waals surface area contributed by atoms with Crippen LogP contribution in [0.5, 0.6) is 0 Å². The van der Waals surface area contributed by atoms with E-state index in [2.05, 4.69) is 0 Å². The van der Waals surface area contributed by atoms with Crippen LogP contribution >= 0.6 is 0 Å². The second-order valence-electron chi connectivity index (χ2n) is 5.21. The molecule has 0 fully saturated rings. The molecule has 3 heteroatoms. The number of halogens is 1. The van der Waals surface area contributed by atoms with Gasteiger partial charge in [-0.2, -0.15) is 0 Å². The van der Waals surface area contributed by atoms with Gasteiger partial charge in [-0.15, -0.1) is 0 Å². The molecule has 2 nitrogen and oxygen atoms in total. The third-order valence-corrected chi connectivity index (χ3v) is 3.79. The quantitative estimate of drug-likeness (QED) is 0.349. The van der Waals surface area contributed by atoms with Gasteiger partial charge in [-0.05, 0) is 35.9 Å². The van der Waals surface area contributed by atoms with Crippen molar-refractivity contribution in [3.8, 4) is 0 Å². The average Bonchev–Trinajstić information content (AvgIpc) is 2.46. The van der Waals surface area contributed by atoms with Gasteiger partial charge in [0.15, 0.2) is 0 Å². The number of aryl methyl sites for hydroxylation is 1. The van der Waals surface area contributed by atoms with E-state index in [1.807, 2.05) is 31.2 Å². The average molecular weight is 278 g/mol. The minimum atomic E-state index is -0.548. The molecule has 4 aromatic rings. The van der Waals surface area contributed by atoms with Crippen molar-refractivity contribution >= 4 is 32.7 Å². The lowest BCUT2D eigenvalue weighted by molar-refractivity contribution is 0.625. The van der Waals surface area contributed by atoms with Crippen LogP contribution in [0.4, 0.5) is 4.39 Å². The SMILES string of the molecule is Cc1ccc2ccc3oc4cccc(F)c4c(=O)c3c2c1. The lowest BCUT2D eigenvalue weighted by Gasteiger charge is -2.06. The molecule has 0 amide bonds. The van der Waals surface area contributed by atoms with Gasteiger partial charge in [0.2, 0.25) is 5.43 Å². The van der Waals surface area contributed by atoms with Crippen LogP contribution in [0.3, 0.4) is 0 Å². The Bertz CT molecular complexity index is 1080. The first kappa shape index (κ1) is 12.1. The van der Waals surface area contributed by atoms with E-state index in [0.29, 0.717) is 11.0 Å². The zero-order valence-corrected chi connectivity index (χ0v) is 11.3. The van der Waals surface area contributed by atoms with Crippen molar-refractivity contribution < 1.29 is 8.81 Å². The first-order valence-corrected chi connectivity index (χ1v) is 6.69. The monoisotopic (exact) mass is 278 g/mol. The van der Waals surface area contributed by atoms with E-state index >= 15 is 0 Å². The van der Waals surface area contributed by atoms with Crippen molar-refractivity contribution in [3.63, 3.8) is 0 Å². The summed E-state index contributed by atoms with van der Waals surface area (Å²) in [5, 5.41) is 2.19. The largest absolute Gasteiger partial charge is 0.456 e. The van der Waals surface area contributed by atoms with Crippen LogP contribution < -0.4 is 5.43 Å². The van der Waals surface area contributed by atoms with Gasteiger partial charge in [0, 0.05) is 0 Å². The summed E-state index contributed by atoms with van der Waals surface area (Å²) in [6.45, 7) is 1.96. The normalized spacial score (nSPS) is 11.5. The highest BCUT2D eigenvalue weighted by atomic mass is 19.1. The molecule has 0 saturated carbocycles. The predicted molar refractivity (Wildman–Crippen MR) is 82.2 cm³/mol. The highest BCUT2D eigenvalue weighted by Crippen LogP contribution is 2.27. The van der Waals surface area contributed by atoms with Crippen molar-refractivity contribution in [2.75, 3.05) is 0 Å². The maximum atomic E-state index is 14.0. The minimum Gasteiger partial charge on any atom is -0.456 e. The second-order valence-corrected chi connectivity index (χ2v) is 5.21. The molecule has 102 valence electrons. The van der Waals surface area contributed by atoms with E-state index in [4.69, 9.17) is 4.42 Å². The molecule has 0 N–H and O–H groups in total. The van der Waals surface area contributed by atoms with Crippen LogP contribution in [0, 0.1) is 12.7 Å². The van der Waals surface area contributed by atoms with Gasteiger partial charge in [0.25, 0.3) is 0 Å². The number of fused-ring (bicyclic) bond motifs is 4.